The fraction of sp³-hybridized carbons (Fsp3) is 0.188. The number of rotatable bonds is 4. The van der Waals surface area contributed by atoms with Crippen LogP contribution in [0.25, 0.3) is 21.8 Å². The molecule has 9 heteroatoms. The lowest BCUT2D eigenvalue weighted by atomic mass is 10.2. The van der Waals surface area contributed by atoms with Crippen LogP contribution in [0.3, 0.4) is 0 Å². The van der Waals surface area contributed by atoms with Crippen molar-refractivity contribution in [1.82, 2.24) is 25.0 Å². The Morgan fingerprint density at radius 2 is 2.16 bits per heavy atom. The Morgan fingerprint density at radius 1 is 1.28 bits per heavy atom. The molecule has 0 aliphatic rings. The first-order valence-corrected chi connectivity index (χ1v) is 8.52. The lowest BCUT2D eigenvalue weighted by Gasteiger charge is -2.07. The number of thiazole rings is 1. The molecule has 8 nitrogen and oxygen atoms in total. The lowest BCUT2D eigenvalue weighted by molar-refractivity contribution is 0.102. The van der Waals surface area contributed by atoms with Gasteiger partial charge in [0, 0.05) is 17.8 Å². The van der Waals surface area contributed by atoms with E-state index in [-0.39, 0.29) is 18.0 Å². The fourth-order valence-corrected chi connectivity index (χ4v) is 3.15. The summed E-state index contributed by atoms with van der Waals surface area (Å²) >= 11 is 1.48. The maximum atomic E-state index is 12.4. The van der Waals surface area contributed by atoms with E-state index >= 15 is 0 Å². The molecule has 0 aliphatic heterocycles. The first-order valence-electron chi connectivity index (χ1n) is 7.64. The van der Waals surface area contributed by atoms with Crippen LogP contribution in [0.4, 0.5) is 6.01 Å². The molecule has 4 aromatic rings. The third kappa shape index (κ3) is 2.89. The van der Waals surface area contributed by atoms with Crippen molar-refractivity contribution in [2.45, 2.75) is 19.9 Å². The lowest BCUT2D eigenvalue weighted by Crippen LogP contribution is -2.11. The van der Waals surface area contributed by atoms with E-state index in [1.54, 1.807) is 40.7 Å². The molecule has 4 rings (SSSR count). The molecule has 0 unspecified atom stereocenters. The standard InChI is InChI=1S/C16H14N6O2S/c1-9(2)22-12(5-6-18-22)15-20-21-16(24-15)19-14(23)10-3-4-11-13(7-10)25-8-17-11/h3-9H,1-2H3,(H,19,21,23). The quantitative estimate of drug-likeness (QED) is 0.603. The predicted octanol–water partition coefficient (Wildman–Crippen LogP) is 3.38. The molecule has 25 heavy (non-hydrogen) atoms. The molecule has 0 saturated heterocycles. The first kappa shape index (κ1) is 15.5. The Kier molecular flexibility index (Phi) is 3.77. The zero-order valence-corrected chi connectivity index (χ0v) is 14.3. The molecule has 3 aromatic heterocycles. The molecule has 0 spiro atoms. The van der Waals surface area contributed by atoms with Crippen molar-refractivity contribution in [3.8, 4) is 11.6 Å². The predicted molar refractivity (Wildman–Crippen MR) is 93.5 cm³/mol. The van der Waals surface area contributed by atoms with Crippen molar-refractivity contribution in [3.05, 3.63) is 41.5 Å². The van der Waals surface area contributed by atoms with Gasteiger partial charge in [0.25, 0.3) is 11.8 Å². The summed E-state index contributed by atoms with van der Waals surface area (Å²) in [5.41, 5.74) is 3.82. The third-order valence-corrected chi connectivity index (χ3v) is 4.41. The monoisotopic (exact) mass is 354 g/mol. The zero-order chi connectivity index (χ0) is 17.4. The summed E-state index contributed by atoms with van der Waals surface area (Å²) in [4.78, 5) is 16.6. The highest BCUT2D eigenvalue weighted by atomic mass is 32.1. The van der Waals surface area contributed by atoms with Crippen LogP contribution < -0.4 is 5.32 Å². The largest absolute Gasteiger partial charge is 0.401 e. The van der Waals surface area contributed by atoms with Crippen LogP contribution in [0.5, 0.6) is 0 Å². The number of anilines is 1. The van der Waals surface area contributed by atoms with Crippen LogP contribution >= 0.6 is 11.3 Å². The summed E-state index contributed by atoms with van der Waals surface area (Å²) in [5.74, 6) is -0.0118. The maximum absolute atomic E-state index is 12.4. The van der Waals surface area contributed by atoms with Gasteiger partial charge in [-0.3, -0.25) is 14.8 Å². The Balaban J connectivity index is 1.56. The Hall–Kier alpha value is -3.07. The smallest absolute Gasteiger partial charge is 0.322 e. The van der Waals surface area contributed by atoms with Gasteiger partial charge in [-0.25, -0.2) is 4.98 Å². The summed E-state index contributed by atoms with van der Waals surface area (Å²) in [5, 5.41) is 14.7. The number of benzene rings is 1. The highest BCUT2D eigenvalue weighted by molar-refractivity contribution is 7.16. The molecule has 0 bridgehead atoms. The van der Waals surface area contributed by atoms with E-state index in [1.165, 1.54) is 11.3 Å². The number of hydrogen-bond acceptors (Lipinski definition) is 7. The molecule has 1 N–H and O–H groups in total. The average Bonchev–Trinajstić information content (AvgIpc) is 3.33. The van der Waals surface area contributed by atoms with E-state index in [0.717, 1.165) is 10.2 Å². The minimum Gasteiger partial charge on any atom is -0.401 e. The van der Waals surface area contributed by atoms with Gasteiger partial charge in [0.15, 0.2) is 0 Å². The summed E-state index contributed by atoms with van der Waals surface area (Å²) in [6.07, 6.45) is 1.67. The highest BCUT2D eigenvalue weighted by Crippen LogP contribution is 2.23. The SMILES string of the molecule is CC(C)n1nccc1-c1nnc(NC(=O)c2ccc3ncsc3c2)o1. The van der Waals surface area contributed by atoms with Gasteiger partial charge in [-0.1, -0.05) is 5.10 Å². The van der Waals surface area contributed by atoms with E-state index in [9.17, 15) is 4.79 Å². The number of amides is 1. The summed E-state index contributed by atoms with van der Waals surface area (Å²) in [7, 11) is 0. The molecule has 1 aromatic carbocycles. The number of nitrogens with zero attached hydrogens (tertiary/aromatic N) is 5. The van der Waals surface area contributed by atoms with Gasteiger partial charge in [0.1, 0.15) is 5.69 Å². The van der Waals surface area contributed by atoms with Crippen LogP contribution in [-0.4, -0.2) is 30.9 Å². The number of nitrogens with one attached hydrogen (secondary N) is 1. The Labute approximate surface area is 146 Å². The van der Waals surface area contributed by atoms with Crippen molar-refractivity contribution in [1.29, 1.82) is 0 Å². The summed E-state index contributed by atoms with van der Waals surface area (Å²) in [6.45, 7) is 4.01. The molecule has 0 atom stereocenters. The fourth-order valence-electron chi connectivity index (χ4n) is 2.44. The second-order valence-electron chi connectivity index (χ2n) is 5.66. The number of fused-ring (bicyclic) bond motifs is 1. The number of carbonyl (C=O) groups excluding carboxylic acids is 1. The number of hydrogen-bond donors (Lipinski definition) is 1. The normalized spacial score (nSPS) is 11.3. The molecule has 0 fully saturated rings. The first-order chi connectivity index (χ1) is 12.1. The van der Waals surface area contributed by atoms with Gasteiger partial charge in [-0.2, -0.15) is 5.10 Å². The average molecular weight is 354 g/mol. The van der Waals surface area contributed by atoms with Crippen LogP contribution in [0.15, 0.2) is 40.4 Å². The Morgan fingerprint density at radius 3 is 3.00 bits per heavy atom. The van der Waals surface area contributed by atoms with E-state index < -0.39 is 0 Å². The summed E-state index contributed by atoms with van der Waals surface area (Å²) in [6, 6.07) is 7.29. The second kappa shape index (κ2) is 6.10. The van der Waals surface area contributed by atoms with Gasteiger partial charge >= 0.3 is 6.01 Å². The van der Waals surface area contributed by atoms with E-state index in [1.807, 2.05) is 13.8 Å². The third-order valence-electron chi connectivity index (χ3n) is 3.62. The molecular weight excluding hydrogens is 340 g/mol. The maximum Gasteiger partial charge on any atom is 0.322 e. The van der Waals surface area contributed by atoms with Crippen molar-refractivity contribution in [2.75, 3.05) is 5.32 Å². The van der Waals surface area contributed by atoms with E-state index in [2.05, 4.69) is 25.6 Å². The molecule has 0 aliphatic carbocycles. The van der Waals surface area contributed by atoms with E-state index in [4.69, 9.17) is 4.42 Å². The second-order valence-corrected chi connectivity index (χ2v) is 6.54. The number of carbonyl (C=O) groups is 1. The van der Waals surface area contributed by atoms with Gasteiger partial charge in [-0.15, -0.1) is 16.4 Å². The molecule has 126 valence electrons. The zero-order valence-electron chi connectivity index (χ0n) is 13.5. The molecular formula is C16H14N6O2S. The molecule has 3 heterocycles. The highest BCUT2D eigenvalue weighted by Gasteiger charge is 2.17. The minimum absolute atomic E-state index is 0.0425. The number of aromatic nitrogens is 5. The van der Waals surface area contributed by atoms with Crippen LogP contribution in [0.1, 0.15) is 30.2 Å². The van der Waals surface area contributed by atoms with Gasteiger partial charge in [0.2, 0.25) is 0 Å². The van der Waals surface area contributed by atoms with Gasteiger partial charge < -0.3 is 4.42 Å². The van der Waals surface area contributed by atoms with Crippen molar-refractivity contribution in [2.24, 2.45) is 0 Å². The van der Waals surface area contributed by atoms with Crippen molar-refractivity contribution < 1.29 is 9.21 Å². The van der Waals surface area contributed by atoms with Gasteiger partial charge in [0.05, 0.1) is 15.7 Å². The topological polar surface area (TPSA) is 98.7 Å². The van der Waals surface area contributed by atoms with Crippen LogP contribution in [-0.2, 0) is 0 Å². The molecule has 1 amide bonds. The Bertz CT molecular complexity index is 1050. The van der Waals surface area contributed by atoms with Crippen LogP contribution in [0.2, 0.25) is 0 Å². The molecule has 0 radical (unpaired) electrons. The van der Waals surface area contributed by atoms with Crippen molar-refractivity contribution in [3.63, 3.8) is 0 Å². The molecule has 0 saturated carbocycles. The van der Waals surface area contributed by atoms with Gasteiger partial charge in [-0.05, 0) is 38.1 Å². The van der Waals surface area contributed by atoms with E-state index in [0.29, 0.717) is 17.1 Å². The van der Waals surface area contributed by atoms with Crippen molar-refractivity contribution >= 4 is 33.5 Å². The van der Waals surface area contributed by atoms with Crippen LogP contribution in [0, 0.1) is 0 Å². The summed E-state index contributed by atoms with van der Waals surface area (Å²) < 4.78 is 8.28. The minimum atomic E-state index is -0.317.